The number of fused-ring (bicyclic) bond motifs is 1. The number of nitrogens with two attached hydrogens (primary N) is 1. The average molecular weight is 581 g/mol. The fourth-order valence-electron chi connectivity index (χ4n) is 5.29. The van der Waals surface area contributed by atoms with E-state index in [1.807, 2.05) is 18.2 Å². The molecule has 3 aliphatic rings. The molecule has 0 atom stereocenters. The molecule has 11 heteroatoms. The Morgan fingerprint density at radius 2 is 1.76 bits per heavy atom. The van der Waals surface area contributed by atoms with E-state index in [9.17, 15) is 18.8 Å². The third-order valence-electron chi connectivity index (χ3n) is 8.10. The minimum atomic E-state index is -0.652. The van der Waals surface area contributed by atoms with Gasteiger partial charge in [0.05, 0.1) is 17.1 Å². The fourth-order valence-corrected chi connectivity index (χ4v) is 5.49. The number of hydrogen-bond acceptors (Lipinski definition) is 5. The van der Waals surface area contributed by atoms with E-state index in [0.29, 0.717) is 10.9 Å². The third-order valence-corrected chi connectivity index (χ3v) is 8.39. The quantitative estimate of drug-likeness (QED) is 0.319. The van der Waals surface area contributed by atoms with Crippen molar-refractivity contribution in [3.63, 3.8) is 0 Å². The molecule has 41 heavy (non-hydrogen) atoms. The van der Waals surface area contributed by atoms with Crippen molar-refractivity contribution in [2.75, 3.05) is 24.5 Å². The van der Waals surface area contributed by atoms with E-state index in [1.165, 1.54) is 41.3 Å². The first-order chi connectivity index (χ1) is 19.8. The molecule has 0 bridgehead atoms. The van der Waals surface area contributed by atoms with Crippen LogP contribution in [0.4, 0.5) is 10.1 Å². The number of aromatic nitrogens is 2. The Balaban J connectivity index is 1.17. The molecule has 2 aromatic carbocycles. The van der Waals surface area contributed by atoms with Gasteiger partial charge in [0, 0.05) is 42.3 Å². The van der Waals surface area contributed by atoms with Crippen molar-refractivity contribution in [1.82, 2.24) is 20.0 Å². The summed E-state index contributed by atoms with van der Waals surface area (Å²) in [6.07, 6.45) is 6.61. The maximum Gasteiger partial charge on any atom is 0.269 e. The van der Waals surface area contributed by atoms with Gasteiger partial charge < -0.3 is 20.9 Å². The van der Waals surface area contributed by atoms with Crippen LogP contribution in [0.15, 0.2) is 36.4 Å². The summed E-state index contributed by atoms with van der Waals surface area (Å²) in [4.78, 5) is 42.5. The summed E-state index contributed by atoms with van der Waals surface area (Å²) in [5.74, 6) is -0.479. The largest absolute Gasteiger partial charge is 0.371 e. The highest BCUT2D eigenvalue weighted by atomic mass is 35.5. The van der Waals surface area contributed by atoms with Crippen molar-refractivity contribution in [3.8, 4) is 0 Å². The van der Waals surface area contributed by atoms with E-state index < -0.39 is 17.6 Å². The Bertz CT molecular complexity index is 1480. The van der Waals surface area contributed by atoms with E-state index in [1.54, 1.807) is 12.1 Å². The van der Waals surface area contributed by atoms with Gasteiger partial charge in [-0.25, -0.2) is 4.39 Å². The van der Waals surface area contributed by atoms with Gasteiger partial charge in [-0.15, -0.1) is 0 Å². The second kappa shape index (κ2) is 11.3. The van der Waals surface area contributed by atoms with Gasteiger partial charge in [-0.3, -0.25) is 19.1 Å². The Kier molecular flexibility index (Phi) is 7.59. The van der Waals surface area contributed by atoms with Gasteiger partial charge in [0.1, 0.15) is 12.4 Å². The number of carbonyl (C=O) groups is 3. The summed E-state index contributed by atoms with van der Waals surface area (Å²) < 4.78 is 15.7. The Hall–Kier alpha value is -3.66. The van der Waals surface area contributed by atoms with E-state index in [-0.39, 0.29) is 47.9 Å². The minimum absolute atomic E-state index is 0.0148. The molecule has 0 spiro atoms. The van der Waals surface area contributed by atoms with E-state index in [2.05, 4.69) is 15.3 Å². The van der Waals surface area contributed by atoms with Crippen LogP contribution in [-0.2, 0) is 22.7 Å². The molecular weight excluding hydrogens is 547 g/mol. The Labute approximate surface area is 242 Å². The van der Waals surface area contributed by atoms with Crippen LogP contribution in [0.5, 0.6) is 0 Å². The zero-order valence-electron chi connectivity index (χ0n) is 22.8. The summed E-state index contributed by atoms with van der Waals surface area (Å²) in [7, 11) is 0. The first kappa shape index (κ1) is 27.5. The van der Waals surface area contributed by atoms with Crippen LogP contribution in [0, 0.1) is 17.7 Å². The summed E-state index contributed by atoms with van der Waals surface area (Å²) in [5, 5.41) is 7.72. The maximum atomic E-state index is 14.2. The predicted molar refractivity (Wildman–Crippen MR) is 154 cm³/mol. The van der Waals surface area contributed by atoms with Gasteiger partial charge in [0.2, 0.25) is 11.8 Å². The summed E-state index contributed by atoms with van der Waals surface area (Å²) >= 11 is 5.83. The van der Waals surface area contributed by atoms with Crippen LogP contribution >= 0.6 is 11.6 Å². The first-order valence-corrected chi connectivity index (χ1v) is 14.7. The van der Waals surface area contributed by atoms with E-state index in [0.717, 1.165) is 43.5 Å². The topological polar surface area (TPSA) is 114 Å². The number of primary amides is 1. The highest BCUT2D eigenvalue weighted by molar-refractivity contribution is 6.30. The molecule has 1 aromatic heterocycles. The lowest BCUT2D eigenvalue weighted by Crippen LogP contribution is -2.43. The normalized spacial score (nSPS) is 16.5. The number of carbonyl (C=O) groups excluding carboxylic acids is 3. The van der Waals surface area contributed by atoms with Crippen molar-refractivity contribution in [2.24, 2.45) is 17.6 Å². The zero-order chi connectivity index (χ0) is 28.7. The Morgan fingerprint density at radius 3 is 2.39 bits per heavy atom. The van der Waals surface area contributed by atoms with Gasteiger partial charge in [0.25, 0.3) is 5.91 Å². The monoisotopic (exact) mass is 580 g/mol. The van der Waals surface area contributed by atoms with Gasteiger partial charge in [0.15, 0.2) is 5.69 Å². The van der Waals surface area contributed by atoms with Crippen molar-refractivity contribution in [2.45, 2.75) is 57.7 Å². The number of rotatable bonds is 13. The van der Waals surface area contributed by atoms with Crippen LogP contribution in [0.2, 0.25) is 5.02 Å². The molecule has 0 saturated heterocycles. The molecule has 3 N–H and O–H groups in total. The van der Waals surface area contributed by atoms with Crippen LogP contribution in [0.25, 0.3) is 10.9 Å². The van der Waals surface area contributed by atoms with Crippen LogP contribution in [-0.4, -0.2) is 58.1 Å². The van der Waals surface area contributed by atoms with E-state index in [4.69, 9.17) is 17.3 Å². The van der Waals surface area contributed by atoms with Gasteiger partial charge in [-0.2, -0.15) is 5.10 Å². The molecule has 0 radical (unpaired) electrons. The van der Waals surface area contributed by atoms with Crippen molar-refractivity contribution in [1.29, 1.82) is 0 Å². The number of nitrogens with zero attached hydrogens (tertiary/aromatic N) is 4. The highest BCUT2D eigenvalue weighted by Crippen LogP contribution is 2.37. The van der Waals surface area contributed by atoms with Crippen LogP contribution < -0.4 is 16.0 Å². The second-order valence-corrected chi connectivity index (χ2v) is 12.0. The lowest BCUT2D eigenvalue weighted by molar-refractivity contribution is -0.137. The molecule has 6 rings (SSSR count). The minimum Gasteiger partial charge on any atom is -0.371 e. The lowest BCUT2D eigenvalue weighted by atomic mass is 10.1. The molecule has 216 valence electrons. The van der Waals surface area contributed by atoms with Gasteiger partial charge in [-0.1, -0.05) is 23.7 Å². The third kappa shape index (κ3) is 6.48. The van der Waals surface area contributed by atoms with Crippen molar-refractivity contribution < 1.29 is 18.8 Å². The molecule has 9 nitrogen and oxygen atoms in total. The number of benzene rings is 2. The number of amides is 3. The van der Waals surface area contributed by atoms with Gasteiger partial charge >= 0.3 is 0 Å². The molecule has 3 amide bonds. The second-order valence-electron chi connectivity index (χ2n) is 11.6. The first-order valence-electron chi connectivity index (χ1n) is 14.3. The smallest absolute Gasteiger partial charge is 0.269 e. The predicted octanol–water partition coefficient (Wildman–Crippen LogP) is 3.86. The summed E-state index contributed by atoms with van der Waals surface area (Å²) in [5.41, 5.74) is 7.79. The molecule has 0 aliphatic heterocycles. The van der Waals surface area contributed by atoms with Crippen LogP contribution in [0.1, 0.15) is 54.6 Å². The van der Waals surface area contributed by atoms with Crippen LogP contribution in [0.3, 0.4) is 0 Å². The number of halogens is 2. The summed E-state index contributed by atoms with van der Waals surface area (Å²) in [6.45, 7) is 1.68. The SMILES string of the molecule is NC(=O)c1nn(CC(=O)N(CC(=O)NCc2cccc(Cl)c2F)C2CC2)c2ccc(N(CC3CC3)CC3CC3)cc12. The summed E-state index contributed by atoms with van der Waals surface area (Å²) in [6, 6.07) is 10.5. The lowest BCUT2D eigenvalue weighted by Gasteiger charge is -2.25. The standard InChI is InChI=1S/C30H34ClFN6O3/c31-24-3-1-2-20(28(24)32)13-34-26(39)16-37(21-8-9-21)27(40)17-38-25-11-10-22(12-23(25)29(35-38)30(33)41)36(14-18-4-5-18)15-19-6-7-19/h1-3,10-12,18-19,21H,4-9,13-17H2,(H2,33,41)(H,34,39). The molecule has 1 heterocycles. The number of nitrogens with one attached hydrogen (secondary N) is 1. The Morgan fingerprint density at radius 1 is 1.05 bits per heavy atom. The van der Waals surface area contributed by atoms with Crippen molar-refractivity contribution in [3.05, 3.63) is 58.5 Å². The van der Waals surface area contributed by atoms with Crippen molar-refractivity contribution >= 4 is 45.9 Å². The van der Waals surface area contributed by atoms with E-state index >= 15 is 0 Å². The molecule has 3 aliphatic carbocycles. The highest BCUT2D eigenvalue weighted by Gasteiger charge is 2.35. The zero-order valence-corrected chi connectivity index (χ0v) is 23.6. The molecular formula is C30H34ClFN6O3. The average Bonchev–Trinajstić information content (AvgIpc) is 3.80. The molecule has 3 aromatic rings. The fraction of sp³-hybridized carbons (Fsp3) is 0.467. The molecule has 3 saturated carbocycles. The maximum absolute atomic E-state index is 14.2. The molecule has 0 unspecified atom stereocenters. The number of anilines is 1. The number of hydrogen-bond donors (Lipinski definition) is 2. The van der Waals surface area contributed by atoms with Gasteiger partial charge in [-0.05, 0) is 74.6 Å². The molecule has 3 fully saturated rings.